The zero-order valence-corrected chi connectivity index (χ0v) is 23.6. The van der Waals surface area contributed by atoms with Gasteiger partial charge in [-0.25, -0.2) is 9.59 Å². The Balaban J connectivity index is 0.00000380. The van der Waals surface area contributed by atoms with E-state index < -0.39 is 23.7 Å². The van der Waals surface area contributed by atoms with E-state index in [2.05, 4.69) is 12.4 Å². The van der Waals surface area contributed by atoms with Crippen molar-refractivity contribution in [3.8, 4) is 0 Å². The number of piperidine rings is 1. The van der Waals surface area contributed by atoms with Gasteiger partial charge in [0.05, 0.1) is 19.1 Å². The molecule has 2 fully saturated rings. The molecule has 200 valence electrons. The summed E-state index contributed by atoms with van der Waals surface area (Å²) >= 11 is 0. The summed E-state index contributed by atoms with van der Waals surface area (Å²) in [5, 5.41) is 2.69. The van der Waals surface area contributed by atoms with Crippen molar-refractivity contribution in [3.63, 3.8) is 0 Å². The van der Waals surface area contributed by atoms with Crippen LogP contribution in [-0.2, 0) is 14.3 Å². The lowest BCUT2D eigenvalue weighted by molar-refractivity contribution is -0.941. The third kappa shape index (κ3) is 6.99. The molecule has 2 heterocycles. The van der Waals surface area contributed by atoms with Crippen molar-refractivity contribution in [2.75, 3.05) is 13.6 Å². The van der Waals surface area contributed by atoms with Crippen LogP contribution in [0.1, 0.15) is 68.4 Å². The Bertz CT molecular complexity index is 1070. The molecule has 8 heteroatoms. The van der Waals surface area contributed by atoms with E-state index in [0.717, 1.165) is 18.4 Å². The zero-order valence-electron chi connectivity index (χ0n) is 22.0. The van der Waals surface area contributed by atoms with Gasteiger partial charge in [0.2, 0.25) is 5.78 Å². The molecule has 5 atom stereocenters. The minimum absolute atomic E-state index is 0. The number of ketones is 1. The molecule has 2 unspecified atom stereocenters. The number of amides is 1. The van der Waals surface area contributed by atoms with Gasteiger partial charge in [-0.2, -0.15) is 0 Å². The third-order valence-corrected chi connectivity index (χ3v) is 7.46. The van der Waals surface area contributed by atoms with Gasteiger partial charge in [-0.3, -0.25) is 4.79 Å². The Kier molecular flexibility index (Phi) is 9.18. The first-order valence-electron chi connectivity index (χ1n) is 12.7. The van der Waals surface area contributed by atoms with Gasteiger partial charge in [0.15, 0.2) is 6.04 Å². The highest BCUT2D eigenvalue weighted by atomic mass is 79.9. The first kappa shape index (κ1) is 28.9. The summed E-state index contributed by atoms with van der Waals surface area (Å²) in [6.07, 6.45) is 2.51. The molecule has 2 aliphatic rings. The van der Waals surface area contributed by atoms with Crippen LogP contribution in [0, 0.1) is 0 Å². The fourth-order valence-electron chi connectivity index (χ4n) is 5.65. The van der Waals surface area contributed by atoms with Crippen molar-refractivity contribution in [3.05, 3.63) is 71.8 Å². The molecular formula is C29H37BrN2O5. The van der Waals surface area contributed by atoms with E-state index in [1.54, 1.807) is 32.9 Å². The lowest BCUT2D eigenvalue weighted by Gasteiger charge is -2.46. The van der Waals surface area contributed by atoms with Crippen molar-refractivity contribution < 1.29 is 45.3 Å². The lowest BCUT2D eigenvalue weighted by atomic mass is 9.95. The normalized spacial score (nSPS) is 25.4. The van der Waals surface area contributed by atoms with E-state index in [4.69, 9.17) is 9.47 Å². The monoisotopic (exact) mass is 572 g/mol. The van der Waals surface area contributed by atoms with Gasteiger partial charge in [-0.1, -0.05) is 60.7 Å². The number of quaternary nitrogens is 1. The van der Waals surface area contributed by atoms with Crippen LogP contribution in [-0.4, -0.2) is 59.7 Å². The Morgan fingerprint density at radius 3 is 2.03 bits per heavy atom. The Hall–Kier alpha value is -2.71. The second-order valence-electron chi connectivity index (χ2n) is 11.2. The van der Waals surface area contributed by atoms with Crippen LogP contribution in [0.5, 0.6) is 0 Å². The van der Waals surface area contributed by atoms with Crippen LogP contribution in [0.25, 0.3) is 0 Å². The molecule has 0 aliphatic carbocycles. The van der Waals surface area contributed by atoms with Crippen molar-refractivity contribution in [1.82, 2.24) is 5.32 Å². The van der Waals surface area contributed by atoms with Crippen LogP contribution < -0.4 is 22.3 Å². The highest BCUT2D eigenvalue weighted by Gasteiger charge is 2.53. The molecule has 0 aromatic heterocycles. The molecule has 2 saturated heterocycles. The van der Waals surface area contributed by atoms with E-state index in [1.165, 1.54) is 0 Å². The van der Waals surface area contributed by atoms with Gasteiger partial charge in [-0.15, -0.1) is 0 Å². The SMILES string of the molecule is CC(C)(C)OC(=O)NC(C(=O)O[C@H]1C[C@H]2CC[C@@H](C1)[N+]2(C)CC(=O)c1ccccc1)c1ccccc1.[Br-]. The average Bonchev–Trinajstić information content (AvgIpc) is 2.98. The maximum Gasteiger partial charge on any atom is 0.408 e. The number of ether oxygens (including phenoxy) is 2. The molecule has 1 N–H and O–H groups in total. The molecule has 7 nitrogen and oxygen atoms in total. The molecule has 2 aromatic carbocycles. The summed E-state index contributed by atoms with van der Waals surface area (Å²) in [6.45, 7) is 5.78. The summed E-state index contributed by atoms with van der Waals surface area (Å²) in [6, 6.07) is 18.0. The molecule has 0 saturated carbocycles. The van der Waals surface area contributed by atoms with E-state index >= 15 is 0 Å². The highest BCUT2D eigenvalue weighted by molar-refractivity contribution is 5.97. The van der Waals surface area contributed by atoms with Gasteiger partial charge in [-0.05, 0) is 26.3 Å². The average molecular weight is 574 g/mol. The standard InChI is InChI=1S/C29H36N2O5.BrH/c1-29(2,3)36-28(34)30-26(21-13-9-6-10-14-21)27(33)35-24-17-22-15-16-23(18-24)31(22,4)19-25(32)20-11-7-5-8-12-20;/h5-14,22-24,26H,15-19H2,1-4H3;1H/t22-,23+,24+,26?,31?;. The number of nitrogens with zero attached hydrogens (tertiary/aromatic N) is 1. The lowest BCUT2D eigenvalue weighted by Crippen LogP contribution is -3.00. The number of rotatable bonds is 7. The fraction of sp³-hybridized carbons (Fsp3) is 0.483. The summed E-state index contributed by atoms with van der Waals surface area (Å²) in [5.74, 6) is -0.343. The van der Waals surface area contributed by atoms with Gasteiger partial charge in [0, 0.05) is 31.2 Å². The summed E-state index contributed by atoms with van der Waals surface area (Å²) in [4.78, 5) is 38.8. The maximum absolute atomic E-state index is 13.3. The van der Waals surface area contributed by atoms with Crippen LogP contribution in [0.3, 0.4) is 0 Å². The number of likely N-dealkylation sites (N-methyl/N-ethyl adjacent to an activating group) is 1. The second-order valence-corrected chi connectivity index (χ2v) is 11.2. The third-order valence-electron chi connectivity index (χ3n) is 7.46. The first-order chi connectivity index (χ1) is 17.0. The number of Topliss-reactive ketones (excluding diaryl/α,β-unsaturated/α-hetero) is 1. The van der Waals surface area contributed by atoms with Crippen molar-refractivity contribution in [2.24, 2.45) is 0 Å². The quantitative estimate of drug-likeness (QED) is 0.311. The van der Waals surface area contributed by atoms with E-state index in [-0.39, 0.29) is 41.0 Å². The van der Waals surface area contributed by atoms with E-state index in [0.29, 0.717) is 29.4 Å². The number of alkyl carbamates (subject to hydrolysis) is 1. The number of carbonyl (C=O) groups is 3. The number of nitrogens with one attached hydrogen (secondary N) is 1. The highest BCUT2D eigenvalue weighted by Crippen LogP contribution is 2.42. The van der Waals surface area contributed by atoms with Crippen molar-refractivity contribution >= 4 is 17.8 Å². The van der Waals surface area contributed by atoms with Gasteiger partial charge < -0.3 is 36.3 Å². The van der Waals surface area contributed by atoms with Crippen LogP contribution in [0.4, 0.5) is 4.79 Å². The molecule has 2 bridgehead atoms. The van der Waals surface area contributed by atoms with Gasteiger partial charge in [0.1, 0.15) is 18.2 Å². The zero-order chi connectivity index (χ0) is 25.9. The van der Waals surface area contributed by atoms with Crippen LogP contribution in [0.15, 0.2) is 60.7 Å². The minimum Gasteiger partial charge on any atom is -1.00 e. The van der Waals surface area contributed by atoms with Gasteiger partial charge in [0.25, 0.3) is 0 Å². The molecular weight excluding hydrogens is 536 g/mol. The van der Waals surface area contributed by atoms with Crippen molar-refractivity contribution in [1.29, 1.82) is 0 Å². The molecule has 0 radical (unpaired) electrons. The fourth-order valence-corrected chi connectivity index (χ4v) is 5.65. The van der Waals surface area contributed by atoms with Gasteiger partial charge >= 0.3 is 12.1 Å². The van der Waals surface area contributed by atoms with Crippen LogP contribution >= 0.6 is 0 Å². The molecule has 37 heavy (non-hydrogen) atoms. The Morgan fingerprint density at radius 2 is 1.49 bits per heavy atom. The topological polar surface area (TPSA) is 81.7 Å². The molecule has 0 spiro atoms. The number of benzene rings is 2. The smallest absolute Gasteiger partial charge is 0.408 e. The number of carbonyl (C=O) groups excluding carboxylic acids is 3. The van der Waals surface area contributed by atoms with E-state index in [9.17, 15) is 14.4 Å². The Labute approximate surface area is 229 Å². The summed E-state index contributed by atoms with van der Waals surface area (Å²) in [5.41, 5.74) is 0.696. The largest absolute Gasteiger partial charge is 1.00 e. The summed E-state index contributed by atoms with van der Waals surface area (Å²) < 4.78 is 12.1. The molecule has 2 aromatic rings. The van der Waals surface area contributed by atoms with Crippen LogP contribution in [0.2, 0.25) is 0 Å². The first-order valence-corrected chi connectivity index (χ1v) is 12.7. The molecule has 2 aliphatic heterocycles. The number of fused-ring (bicyclic) bond motifs is 2. The van der Waals surface area contributed by atoms with E-state index in [1.807, 2.05) is 48.5 Å². The number of hydrogen-bond acceptors (Lipinski definition) is 5. The molecule has 4 rings (SSSR count). The maximum atomic E-state index is 13.3. The second kappa shape index (κ2) is 11.8. The number of esters is 1. The van der Waals surface area contributed by atoms with Crippen molar-refractivity contribution in [2.45, 2.75) is 76.3 Å². The predicted octanol–water partition coefficient (Wildman–Crippen LogP) is 1.82. The number of hydrogen-bond donors (Lipinski definition) is 1. The number of halogens is 1. The Morgan fingerprint density at radius 1 is 0.946 bits per heavy atom. The summed E-state index contributed by atoms with van der Waals surface area (Å²) in [7, 11) is 2.16. The minimum atomic E-state index is -0.957. The molecule has 1 amide bonds. The predicted molar refractivity (Wildman–Crippen MR) is 136 cm³/mol.